The van der Waals surface area contributed by atoms with Crippen molar-refractivity contribution in [3.05, 3.63) is 18.0 Å². The Morgan fingerprint density at radius 3 is 2.93 bits per heavy atom. The molecule has 0 spiro atoms. The molecule has 14 heavy (non-hydrogen) atoms. The average molecular weight is 198 g/mol. The smallest absolute Gasteiger partial charge is 0.354 e. The van der Waals surface area contributed by atoms with E-state index in [9.17, 15) is 4.79 Å². The molecule has 0 fully saturated rings. The number of carbonyl (C=O) groups is 1. The second-order valence-electron chi connectivity index (χ2n) is 2.74. The molecule has 0 aliphatic rings. The summed E-state index contributed by atoms with van der Waals surface area (Å²) < 4.78 is 11.4. The molecule has 1 aromatic heterocycles. The topological polar surface area (TPSA) is 66.5 Å². The van der Waals surface area contributed by atoms with E-state index in [1.165, 1.54) is 7.11 Å². The van der Waals surface area contributed by atoms with Gasteiger partial charge in [-0.3, -0.25) is 0 Å². The predicted molar refractivity (Wildman–Crippen MR) is 51.8 cm³/mol. The molecule has 1 heterocycles. The Morgan fingerprint density at radius 1 is 1.64 bits per heavy atom. The first-order valence-corrected chi connectivity index (χ1v) is 4.30. The first-order valence-electron chi connectivity index (χ1n) is 4.30. The number of methoxy groups -OCH3 is 1. The third-order valence-corrected chi connectivity index (χ3v) is 1.75. The maximum atomic E-state index is 11.3. The number of esters is 1. The summed E-state index contributed by atoms with van der Waals surface area (Å²) in [7, 11) is 1.33. The van der Waals surface area contributed by atoms with E-state index < -0.39 is 5.97 Å². The molecule has 0 unspecified atom stereocenters. The number of carbonyl (C=O) groups excluding carboxylic acids is 1. The number of aromatic nitrogens is 1. The summed E-state index contributed by atoms with van der Waals surface area (Å²) in [5.74, 6) is -0.415. The van der Waals surface area contributed by atoms with Gasteiger partial charge in [0.15, 0.2) is 0 Å². The minimum Gasteiger partial charge on any atom is -0.464 e. The van der Waals surface area contributed by atoms with Crippen LogP contribution in [0.15, 0.2) is 12.3 Å². The second-order valence-corrected chi connectivity index (χ2v) is 2.74. The summed E-state index contributed by atoms with van der Waals surface area (Å²) in [6.07, 6.45) is 1.64. The van der Waals surface area contributed by atoms with E-state index in [0.29, 0.717) is 24.7 Å². The van der Waals surface area contributed by atoms with E-state index in [4.69, 9.17) is 10.5 Å². The highest BCUT2D eigenvalue weighted by Crippen LogP contribution is 2.11. The molecule has 0 bridgehead atoms. The summed E-state index contributed by atoms with van der Waals surface area (Å²) >= 11 is 0. The minimum absolute atomic E-state index is 0.304. The highest BCUT2D eigenvalue weighted by Gasteiger charge is 2.12. The van der Waals surface area contributed by atoms with Crippen LogP contribution in [0.1, 0.15) is 17.4 Å². The zero-order valence-electron chi connectivity index (χ0n) is 8.32. The molecule has 0 amide bonds. The lowest BCUT2D eigenvalue weighted by atomic mass is 10.4. The number of rotatable bonds is 4. The van der Waals surface area contributed by atoms with Crippen LogP contribution in [0.3, 0.4) is 0 Å². The Morgan fingerprint density at radius 2 is 2.36 bits per heavy atom. The lowest BCUT2D eigenvalue weighted by molar-refractivity contribution is 0.0541. The third-order valence-electron chi connectivity index (χ3n) is 1.75. The van der Waals surface area contributed by atoms with Crippen LogP contribution in [0, 0.1) is 0 Å². The van der Waals surface area contributed by atoms with Gasteiger partial charge >= 0.3 is 5.97 Å². The van der Waals surface area contributed by atoms with Crippen molar-refractivity contribution >= 4 is 11.7 Å². The highest BCUT2D eigenvalue weighted by molar-refractivity contribution is 5.88. The number of hydrogen-bond donors (Lipinski definition) is 1. The summed E-state index contributed by atoms with van der Waals surface area (Å²) in [5, 5.41) is 0. The Balaban J connectivity index is 2.85. The van der Waals surface area contributed by atoms with E-state index in [0.717, 1.165) is 0 Å². The van der Waals surface area contributed by atoms with Gasteiger partial charge < -0.3 is 19.8 Å². The molecular weight excluding hydrogens is 184 g/mol. The van der Waals surface area contributed by atoms with E-state index in [1.807, 2.05) is 6.92 Å². The molecule has 1 aromatic rings. The van der Waals surface area contributed by atoms with Crippen LogP contribution in [0.4, 0.5) is 5.69 Å². The summed E-state index contributed by atoms with van der Waals surface area (Å²) in [5.41, 5.74) is 6.48. The Bertz CT molecular complexity index is 320. The number of nitrogen functional groups attached to an aromatic ring is 1. The van der Waals surface area contributed by atoms with Crippen molar-refractivity contribution in [1.82, 2.24) is 4.57 Å². The van der Waals surface area contributed by atoms with E-state index in [1.54, 1.807) is 16.8 Å². The van der Waals surface area contributed by atoms with Crippen molar-refractivity contribution in [3.8, 4) is 0 Å². The van der Waals surface area contributed by atoms with Gasteiger partial charge in [-0.2, -0.15) is 0 Å². The molecule has 0 aromatic carbocycles. The first-order chi connectivity index (χ1) is 6.69. The normalized spacial score (nSPS) is 10.1. The molecule has 0 aliphatic carbocycles. The van der Waals surface area contributed by atoms with Crippen LogP contribution < -0.4 is 5.73 Å². The van der Waals surface area contributed by atoms with Gasteiger partial charge in [-0.05, 0) is 13.0 Å². The van der Waals surface area contributed by atoms with Crippen molar-refractivity contribution < 1.29 is 14.3 Å². The van der Waals surface area contributed by atoms with Gasteiger partial charge in [0.1, 0.15) is 12.4 Å². The molecule has 78 valence electrons. The van der Waals surface area contributed by atoms with E-state index in [-0.39, 0.29) is 0 Å². The fraction of sp³-hybridized carbons (Fsp3) is 0.444. The average Bonchev–Trinajstić information content (AvgIpc) is 2.55. The van der Waals surface area contributed by atoms with Gasteiger partial charge in [0, 0.05) is 12.8 Å². The number of nitrogens with two attached hydrogens (primary N) is 1. The van der Waals surface area contributed by atoms with Crippen LogP contribution in [0.5, 0.6) is 0 Å². The van der Waals surface area contributed by atoms with Gasteiger partial charge in [0.05, 0.1) is 12.8 Å². The van der Waals surface area contributed by atoms with E-state index >= 15 is 0 Å². The molecule has 0 aliphatic heterocycles. The third kappa shape index (κ3) is 2.26. The zero-order chi connectivity index (χ0) is 10.6. The van der Waals surface area contributed by atoms with Gasteiger partial charge in [0.2, 0.25) is 0 Å². The van der Waals surface area contributed by atoms with Gasteiger partial charge in [-0.15, -0.1) is 0 Å². The predicted octanol–water partition coefficient (Wildman–Crippen LogP) is 0.851. The SMILES string of the molecule is CCOCn1cc(N)cc1C(=O)OC. The number of anilines is 1. The van der Waals surface area contributed by atoms with Crippen LogP contribution in [0.2, 0.25) is 0 Å². The molecule has 2 N–H and O–H groups in total. The molecule has 0 saturated heterocycles. The van der Waals surface area contributed by atoms with Crippen molar-refractivity contribution in [2.45, 2.75) is 13.7 Å². The van der Waals surface area contributed by atoms with Gasteiger partial charge in [-0.1, -0.05) is 0 Å². The van der Waals surface area contributed by atoms with Gasteiger partial charge in [-0.25, -0.2) is 4.79 Å². The zero-order valence-corrected chi connectivity index (χ0v) is 8.32. The molecule has 5 heteroatoms. The second kappa shape index (κ2) is 4.66. The summed E-state index contributed by atoms with van der Waals surface area (Å²) in [6, 6.07) is 1.56. The molecule has 5 nitrogen and oxygen atoms in total. The van der Waals surface area contributed by atoms with Crippen molar-refractivity contribution in [1.29, 1.82) is 0 Å². The monoisotopic (exact) mass is 198 g/mol. The van der Waals surface area contributed by atoms with Crippen LogP contribution in [0.25, 0.3) is 0 Å². The maximum Gasteiger partial charge on any atom is 0.354 e. The summed E-state index contributed by atoms with van der Waals surface area (Å²) in [6.45, 7) is 2.77. The quantitative estimate of drug-likeness (QED) is 0.728. The maximum absolute atomic E-state index is 11.3. The molecule has 0 atom stereocenters. The van der Waals surface area contributed by atoms with Crippen molar-refractivity contribution in [2.75, 3.05) is 19.5 Å². The van der Waals surface area contributed by atoms with E-state index in [2.05, 4.69) is 4.74 Å². The van der Waals surface area contributed by atoms with Crippen LogP contribution in [-0.2, 0) is 16.2 Å². The van der Waals surface area contributed by atoms with Crippen molar-refractivity contribution in [2.24, 2.45) is 0 Å². The standard InChI is InChI=1S/C9H14N2O3/c1-3-14-6-11-5-7(10)4-8(11)9(12)13-2/h4-5H,3,6,10H2,1-2H3. The van der Waals surface area contributed by atoms with Crippen LogP contribution >= 0.6 is 0 Å². The first kappa shape index (κ1) is 10.6. The molecular formula is C9H14N2O3. The van der Waals surface area contributed by atoms with Crippen LogP contribution in [-0.4, -0.2) is 24.3 Å². The fourth-order valence-corrected chi connectivity index (χ4v) is 1.10. The minimum atomic E-state index is -0.415. The Hall–Kier alpha value is -1.49. The lowest BCUT2D eigenvalue weighted by Gasteiger charge is -2.06. The lowest BCUT2D eigenvalue weighted by Crippen LogP contribution is -2.11. The highest BCUT2D eigenvalue weighted by atomic mass is 16.5. The fourth-order valence-electron chi connectivity index (χ4n) is 1.10. The number of nitrogens with zero attached hydrogens (tertiary/aromatic N) is 1. The Labute approximate surface area is 82.4 Å². The molecule has 0 radical (unpaired) electrons. The van der Waals surface area contributed by atoms with Crippen molar-refractivity contribution in [3.63, 3.8) is 0 Å². The number of ether oxygens (including phenoxy) is 2. The Kier molecular flexibility index (Phi) is 3.53. The summed E-state index contributed by atoms with van der Waals surface area (Å²) in [4.78, 5) is 11.3. The van der Waals surface area contributed by atoms with Gasteiger partial charge in [0.25, 0.3) is 0 Å². The molecule has 0 saturated carbocycles. The molecule has 1 rings (SSSR count). The largest absolute Gasteiger partial charge is 0.464 e. The number of hydrogen-bond acceptors (Lipinski definition) is 4.